The summed E-state index contributed by atoms with van der Waals surface area (Å²) < 4.78 is 5.79. The molecule has 0 aliphatic carbocycles. The Balaban J connectivity index is 3.95. The van der Waals surface area contributed by atoms with Crippen LogP contribution in [-0.2, 0) is 23.9 Å². The van der Waals surface area contributed by atoms with Gasteiger partial charge in [-0.2, -0.15) is 0 Å². The van der Waals surface area contributed by atoms with Crippen molar-refractivity contribution in [2.24, 2.45) is 0 Å². The van der Waals surface area contributed by atoms with E-state index in [0.29, 0.717) is 12.8 Å². The van der Waals surface area contributed by atoms with Crippen molar-refractivity contribution < 1.29 is 34.1 Å². The number of aliphatic hydroxyl groups is 1. The lowest BCUT2D eigenvalue weighted by molar-refractivity contribution is -0.147. The maximum Gasteiger partial charge on any atom is 0.328 e. The number of unbranched alkanes of at least 4 members (excludes halogenated alkanes) is 18. The number of carboxylic acids is 1. The highest BCUT2D eigenvalue weighted by Gasteiger charge is 2.18. The summed E-state index contributed by atoms with van der Waals surface area (Å²) in [6.45, 7) is 3.33. The lowest BCUT2D eigenvalue weighted by atomic mass is 10.0. The second-order valence-electron chi connectivity index (χ2n) is 12.3. The van der Waals surface area contributed by atoms with Crippen molar-refractivity contribution in [3.63, 3.8) is 0 Å². The number of esters is 1. The molecule has 0 aromatic carbocycles. The van der Waals surface area contributed by atoms with E-state index in [2.05, 4.69) is 30.6 Å². The number of rotatable bonds is 32. The first-order valence-electron chi connectivity index (χ1n) is 18.1. The van der Waals surface area contributed by atoms with Crippen LogP contribution in [0.3, 0.4) is 0 Å². The lowest BCUT2D eigenvalue weighted by Crippen LogP contribution is -2.47. The average molecular weight is 639 g/mol. The van der Waals surface area contributed by atoms with E-state index in [4.69, 9.17) is 14.9 Å². The van der Waals surface area contributed by atoms with Crippen LogP contribution in [0.5, 0.6) is 0 Å². The number of amides is 2. The van der Waals surface area contributed by atoms with E-state index in [-0.39, 0.29) is 30.9 Å². The molecule has 0 rings (SSSR count). The van der Waals surface area contributed by atoms with Gasteiger partial charge >= 0.3 is 11.9 Å². The van der Waals surface area contributed by atoms with Crippen LogP contribution < -0.4 is 10.6 Å². The van der Waals surface area contributed by atoms with Gasteiger partial charge in [0.15, 0.2) is 0 Å². The van der Waals surface area contributed by atoms with Gasteiger partial charge < -0.3 is 25.6 Å². The lowest BCUT2D eigenvalue weighted by Gasteiger charge is -2.15. The van der Waals surface area contributed by atoms with Crippen molar-refractivity contribution in [1.29, 1.82) is 0 Å². The first-order chi connectivity index (χ1) is 21.8. The summed E-state index contributed by atoms with van der Waals surface area (Å²) in [7, 11) is 0. The molecular weight excluding hydrogens is 572 g/mol. The Labute approximate surface area is 273 Å². The Bertz CT molecular complexity index is 787. The van der Waals surface area contributed by atoms with Gasteiger partial charge in [-0.3, -0.25) is 14.4 Å². The first-order valence-corrected chi connectivity index (χ1v) is 18.1. The van der Waals surface area contributed by atoms with E-state index in [1.54, 1.807) is 0 Å². The SMILES string of the molecule is CCC/C=C\C(CCCCCCC(=O)NCC(=O)NC(CO)C(=O)O)OC(=O)CCCCCCCCCCCCCCCCC. The number of hydrogen-bond acceptors (Lipinski definition) is 6. The summed E-state index contributed by atoms with van der Waals surface area (Å²) in [5, 5.41) is 22.4. The zero-order chi connectivity index (χ0) is 33.4. The standard InChI is InChI=1S/C36H66N2O7/c1-3-5-7-8-9-10-11-12-13-14-15-16-17-18-24-28-35(42)45-31(25-21-6-4-2)26-22-19-20-23-27-33(40)37-29-34(41)38-32(30-39)36(43)44/h21,25,31-32,39H,3-20,22-24,26-30H2,1-2H3,(H,37,40)(H,38,41)(H,43,44)/b25-21-. The second kappa shape index (κ2) is 31.6. The van der Waals surface area contributed by atoms with Crippen molar-refractivity contribution >= 4 is 23.8 Å². The third kappa shape index (κ3) is 28.8. The molecule has 2 amide bonds. The third-order valence-electron chi connectivity index (χ3n) is 7.98. The van der Waals surface area contributed by atoms with Gasteiger partial charge in [-0.1, -0.05) is 129 Å². The Hall–Kier alpha value is -2.42. The molecule has 4 N–H and O–H groups in total. The molecule has 0 aliphatic rings. The van der Waals surface area contributed by atoms with Crippen LogP contribution in [0.2, 0.25) is 0 Å². The molecule has 0 aliphatic heterocycles. The predicted octanol–water partition coefficient (Wildman–Crippen LogP) is 7.53. The minimum absolute atomic E-state index is 0.120. The average Bonchev–Trinajstić information content (AvgIpc) is 3.02. The Morgan fingerprint density at radius 1 is 0.667 bits per heavy atom. The van der Waals surface area contributed by atoms with Gasteiger partial charge in [-0.25, -0.2) is 4.79 Å². The first kappa shape index (κ1) is 42.6. The molecule has 9 heteroatoms. The molecule has 9 nitrogen and oxygen atoms in total. The minimum Gasteiger partial charge on any atom is -0.480 e. The molecule has 2 atom stereocenters. The molecule has 45 heavy (non-hydrogen) atoms. The number of carbonyl (C=O) groups excluding carboxylic acids is 3. The van der Waals surface area contributed by atoms with Gasteiger partial charge in [0.2, 0.25) is 11.8 Å². The molecule has 0 aromatic heterocycles. The van der Waals surface area contributed by atoms with Crippen molar-refractivity contribution in [2.45, 2.75) is 180 Å². The van der Waals surface area contributed by atoms with Crippen molar-refractivity contribution in [3.05, 3.63) is 12.2 Å². The summed E-state index contributed by atoms with van der Waals surface area (Å²) in [6.07, 6.45) is 30.1. The third-order valence-corrected chi connectivity index (χ3v) is 7.98. The van der Waals surface area contributed by atoms with Crippen LogP contribution >= 0.6 is 0 Å². The van der Waals surface area contributed by atoms with Crippen LogP contribution in [0.25, 0.3) is 0 Å². The predicted molar refractivity (Wildman–Crippen MR) is 181 cm³/mol. The van der Waals surface area contributed by atoms with E-state index >= 15 is 0 Å². The highest BCUT2D eigenvalue weighted by Crippen LogP contribution is 2.16. The maximum absolute atomic E-state index is 12.5. The molecule has 0 saturated carbocycles. The summed E-state index contributed by atoms with van der Waals surface area (Å²) in [4.78, 5) is 47.0. The van der Waals surface area contributed by atoms with Crippen molar-refractivity contribution in [1.82, 2.24) is 10.6 Å². The Kier molecular flexibility index (Phi) is 29.9. The van der Waals surface area contributed by atoms with E-state index in [0.717, 1.165) is 51.4 Å². The summed E-state index contributed by atoms with van der Waals surface area (Å²) in [5.74, 6) is -2.41. The quantitative estimate of drug-likeness (QED) is 0.0339. The normalized spacial score (nSPS) is 12.6. The number of ether oxygens (including phenoxy) is 1. The van der Waals surface area contributed by atoms with Crippen LogP contribution in [0.4, 0.5) is 0 Å². The molecule has 0 aromatic rings. The Morgan fingerprint density at radius 2 is 1.18 bits per heavy atom. The highest BCUT2D eigenvalue weighted by molar-refractivity contribution is 5.87. The fraction of sp³-hybridized carbons (Fsp3) is 0.833. The highest BCUT2D eigenvalue weighted by atomic mass is 16.5. The largest absolute Gasteiger partial charge is 0.480 e. The molecule has 0 radical (unpaired) electrons. The van der Waals surface area contributed by atoms with Crippen LogP contribution in [0, 0.1) is 0 Å². The van der Waals surface area contributed by atoms with Crippen LogP contribution in [-0.4, -0.2) is 59.3 Å². The van der Waals surface area contributed by atoms with E-state index in [9.17, 15) is 19.2 Å². The van der Waals surface area contributed by atoms with E-state index in [1.165, 1.54) is 83.5 Å². The summed E-state index contributed by atoms with van der Waals surface area (Å²) >= 11 is 0. The Morgan fingerprint density at radius 3 is 1.69 bits per heavy atom. The van der Waals surface area contributed by atoms with Gasteiger partial charge in [-0.05, 0) is 38.2 Å². The fourth-order valence-electron chi connectivity index (χ4n) is 5.16. The smallest absolute Gasteiger partial charge is 0.328 e. The number of carbonyl (C=O) groups is 4. The second-order valence-corrected chi connectivity index (χ2v) is 12.3. The van der Waals surface area contributed by atoms with Crippen molar-refractivity contribution in [3.8, 4) is 0 Å². The zero-order valence-electron chi connectivity index (χ0n) is 28.6. The number of allylic oxidation sites excluding steroid dienone is 1. The fourth-order valence-corrected chi connectivity index (χ4v) is 5.16. The molecule has 262 valence electrons. The van der Waals surface area contributed by atoms with Gasteiger partial charge in [0, 0.05) is 12.8 Å². The molecule has 0 saturated heterocycles. The van der Waals surface area contributed by atoms with Gasteiger partial charge in [0.25, 0.3) is 0 Å². The molecule has 2 unspecified atom stereocenters. The number of aliphatic carboxylic acids is 1. The van der Waals surface area contributed by atoms with Gasteiger partial charge in [-0.15, -0.1) is 0 Å². The summed E-state index contributed by atoms with van der Waals surface area (Å²) in [6, 6.07) is -1.39. The van der Waals surface area contributed by atoms with Crippen molar-refractivity contribution in [2.75, 3.05) is 13.2 Å². The molecule has 0 fully saturated rings. The van der Waals surface area contributed by atoms with Crippen LogP contribution in [0.1, 0.15) is 168 Å². The van der Waals surface area contributed by atoms with Gasteiger partial charge in [0.1, 0.15) is 12.1 Å². The van der Waals surface area contributed by atoms with Gasteiger partial charge in [0.05, 0.1) is 13.2 Å². The summed E-state index contributed by atoms with van der Waals surface area (Å²) in [5.41, 5.74) is 0. The number of hydrogen-bond donors (Lipinski definition) is 4. The molecule has 0 heterocycles. The number of carboxylic acid groups (broad SMARTS) is 1. The molecular formula is C36H66N2O7. The number of nitrogens with one attached hydrogen (secondary N) is 2. The van der Waals surface area contributed by atoms with E-state index in [1.807, 2.05) is 6.08 Å². The zero-order valence-corrected chi connectivity index (χ0v) is 28.6. The molecule has 0 bridgehead atoms. The molecule has 0 spiro atoms. The maximum atomic E-state index is 12.5. The monoisotopic (exact) mass is 638 g/mol. The minimum atomic E-state index is -1.39. The topological polar surface area (TPSA) is 142 Å². The van der Waals surface area contributed by atoms with Crippen LogP contribution in [0.15, 0.2) is 12.2 Å². The van der Waals surface area contributed by atoms with E-state index < -0.39 is 24.5 Å². The number of aliphatic hydroxyl groups excluding tert-OH is 1.